The summed E-state index contributed by atoms with van der Waals surface area (Å²) in [5.74, 6) is 0.160. The van der Waals surface area contributed by atoms with Crippen molar-refractivity contribution in [3.8, 4) is 5.75 Å². The van der Waals surface area contributed by atoms with E-state index in [-0.39, 0.29) is 6.61 Å². The van der Waals surface area contributed by atoms with Crippen LogP contribution in [0.4, 0.5) is 10.1 Å². The van der Waals surface area contributed by atoms with Crippen molar-refractivity contribution >= 4 is 16.6 Å². The van der Waals surface area contributed by atoms with E-state index in [0.29, 0.717) is 17.4 Å². The number of ether oxygens (including phenoxy) is 2. The third-order valence-corrected chi connectivity index (χ3v) is 5.16. The van der Waals surface area contributed by atoms with Crippen LogP contribution in [-0.2, 0) is 11.3 Å². The predicted octanol–water partition coefficient (Wildman–Crippen LogP) is 4.27. The summed E-state index contributed by atoms with van der Waals surface area (Å²) >= 11 is 0. The average Bonchev–Trinajstić information content (AvgIpc) is 3.15. The lowest BCUT2D eigenvalue weighted by atomic mass is 10.1. The third-order valence-electron chi connectivity index (χ3n) is 5.16. The van der Waals surface area contributed by atoms with Crippen LogP contribution >= 0.6 is 0 Å². The van der Waals surface area contributed by atoms with Gasteiger partial charge in [0.1, 0.15) is 12.4 Å². The molecule has 0 N–H and O–H groups in total. The Balaban J connectivity index is 1.62. The second-order valence-electron chi connectivity index (χ2n) is 7.15. The van der Waals surface area contributed by atoms with Crippen molar-refractivity contribution in [2.24, 2.45) is 0 Å². The maximum atomic E-state index is 13.7. The Morgan fingerprint density at radius 1 is 1.25 bits per heavy atom. The van der Waals surface area contributed by atoms with Gasteiger partial charge in [-0.2, -0.15) is 4.39 Å². The summed E-state index contributed by atoms with van der Waals surface area (Å²) in [6.45, 7) is 3.88. The van der Waals surface area contributed by atoms with E-state index in [0.717, 1.165) is 42.6 Å². The summed E-state index contributed by atoms with van der Waals surface area (Å²) in [7, 11) is 1.75. The van der Waals surface area contributed by atoms with Crippen LogP contribution in [-0.4, -0.2) is 36.3 Å². The van der Waals surface area contributed by atoms with E-state index in [9.17, 15) is 4.39 Å². The van der Waals surface area contributed by atoms with Crippen molar-refractivity contribution in [3.05, 3.63) is 59.8 Å². The molecule has 3 heterocycles. The Bertz CT molecular complexity index is 979. The molecular weight excluding hydrogens is 357 g/mol. The highest BCUT2D eigenvalue weighted by atomic mass is 19.1. The molecule has 0 saturated carbocycles. The van der Waals surface area contributed by atoms with Crippen LogP contribution in [0.3, 0.4) is 0 Å². The monoisotopic (exact) mass is 381 g/mol. The highest BCUT2D eigenvalue weighted by Crippen LogP contribution is 2.34. The molecule has 0 amide bonds. The Morgan fingerprint density at radius 2 is 2.14 bits per heavy atom. The third kappa shape index (κ3) is 3.78. The van der Waals surface area contributed by atoms with Gasteiger partial charge in [0.05, 0.1) is 18.2 Å². The van der Waals surface area contributed by atoms with Crippen LogP contribution in [0.15, 0.2) is 42.6 Å². The van der Waals surface area contributed by atoms with Gasteiger partial charge in [-0.3, -0.25) is 4.98 Å². The summed E-state index contributed by atoms with van der Waals surface area (Å²) in [6.07, 6.45) is 3.72. The molecule has 5 nitrogen and oxygen atoms in total. The first kappa shape index (κ1) is 18.6. The number of rotatable bonds is 6. The zero-order valence-corrected chi connectivity index (χ0v) is 16.2. The summed E-state index contributed by atoms with van der Waals surface area (Å²) in [6, 6.07) is 11.8. The molecule has 2 aromatic heterocycles. The molecule has 1 unspecified atom stereocenters. The first-order chi connectivity index (χ1) is 13.7. The van der Waals surface area contributed by atoms with E-state index in [1.165, 1.54) is 11.9 Å². The fourth-order valence-electron chi connectivity index (χ4n) is 3.85. The normalized spacial score (nSPS) is 16.7. The number of aromatic nitrogens is 2. The van der Waals surface area contributed by atoms with Crippen LogP contribution in [0.2, 0.25) is 0 Å². The van der Waals surface area contributed by atoms with Gasteiger partial charge in [-0.15, -0.1) is 0 Å². The van der Waals surface area contributed by atoms with Crippen LogP contribution in [0.25, 0.3) is 10.9 Å². The SMILES string of the molecule is COCC1CCCN1c1cc(C)nc2cc(OCc3cccnc3F)ccc12. The number of hydrogen-bond donors (Lipinski definition) is 0. The Hall–Kier alpha value is -2.73. The first-order valence-electron chi connectivity index (χ1n) is 9.55. The summed E-state index contributed by atoms with van der Waals surface area (Å²) < 4.78 is 24.9. The van der Waals surface area contributed by atoms with Gasteiger partial charge in [0.15, 0.2) is 0 Å². The lowest BCUT2D eigenvalue weighted by molar-refractivity contribution is 0.181. The van der Waals surface area contributed by atoms with Crippen LogP contribution in [0.1, 0.15) is 24.1 Å². The van der Waals surface area contributed by atoms with Gasteiger partial charge in [-0.25, -0.2) is 4.98 Å². The molecule has 1 aromatic carbocycles. The van der Waals surface area contributed by atoms with Crippen LogP contribution in [0, 0.1) is 12.9 Å². The molecule has 28 heavy (non-hydrogen) atoms. The minimum absolute atomic E-state index is 0.131. The van der Waals surface area contributed by atoms with E-state index >= 15 is 0 Å². The Kier molecular flexibility index (Phi) is 5.39. The van der Waals surface area contributed by atoms with E-state index in [1.54, 1.807) is 19.2 Å². The minimum Gasteiger partial charge on any atom is -0.489 e. The van der Waals surface area contributed by atoms with E-state index < -0.39 is 5.95 Å². The minimum atomic E-state index is -0.502. The molecule has 0 spiro atoms. The van der Waals surface area contributed by atoms with Crippen molar-refractivity contribution in [2.45, 2.75) is 32.4 Å². The molecule has 146 valence electrons. The lowest BCUT2D eigenvalue weighted by Gasteiger charge is -2.28. The maximum absolute atomic E-state index is 13.7. The number of anilines is 1. The standard InChI is InChI=1S/C22H24FN3O2/c1-15-11-21(26-10-4-6-17(26)14-27-2)19-8-7-18(12-20(19)25-15)28-13-16-5-3-9-24-22(16)23/h3,5,7-9,11-12,17H,4,6,10,13-14H2,1-2H3. The molecule has 0 bridgehead atoms. The van der Waals surface area contributed by atoms with E-state index in [2.05, 4.69) is 20.9 Å². The molecule has 6 heteroatoms. The topological polar surface area (TPSA) is 47.5 Å². The van der Waals surface area contributed by atoms with Crippen molar-refractivity contribution in [1.29, 1.82) is 0 Å². The quantitative estimate of drug-likeness (QED) is 0.597. The Morgan fingerprint density at radius 3 is 2.96 bits per heavy atom. The highest BCUT2D eigenvalue weighted by Gasteiger charge is 2.26. The largest absolute Gasteiger partial charge is 0.489 e. The number of benzene rings is 1. The van der Waals surface area contributed by atoms with E-state index in [1.807, 2.05) is 25.1 Å². The number of hydrogen-bond acceptors (Lipinski definition) is 5. The van der Waals surface area contributed by atoms with Gasteiger partial charge in [0.25, 0.3) is 0 Å². The van der Waals surface area contributed by atoms with Gasteiger partial charge >= 0.3 is 0 Å². The van der Waals surface area contributed by atoms with Crippen LogP contribution < -0.4 is 9.64 Å². The summed E-state index contributed by atoms with van der Waals surface area (Å²) in [5, 5.41) is 1.09. The summed E-state index contributed by atoms with van der Waals surface area (Å²) in [5.41, 5.74) is 3.45. The fraction of sp³-hybridized carbons (Fsp3) is 0.364. The number of aryl methyl sites for hydroxylation is 1. The van der Waals surface area contributed by atoms with Gasteiger partial charge in [0, 0.05) is 48.2 Å². The molecule has 3 aromatic rings. The summed E-state index contributed by atoms with van der Waals surface area (Å²) in [4.78, 5) is 10.8. The zero-order valence-electron chi connectivity index (χ0n) is 16.2. The lowest BCUT2D eigenvalue weighted by Crippen LogP contribution is -2.33. The van der Waals surface area contributed by atoms with Crippen molar-refractivity contribution < 1.29 is 13.9 Å². The second-order valence-corrected chi connectivity index (χ2v) is 7.15. The number of fused-ring (bicyclic) bond motifs is 1. The highest BCUT2D eigenvalue weighted by molar-refractivity contribution is 5.93. The van der Waals surface area contributed by atoms with Crippen molar-refractivity contribution in [1.82, 2.24) is 9.97 Å². The molecule has 0 radical (unpaired) electrons. The van der Waals surface area contributed by atoms with Crippen molar-refractivity contribution in [2.75, 3.05) is 25.2 Å². The van der Waals surface area contributed by atoms with Gasteiger partial charge in [-0.05, 0) is 50.1 Å². The van der Waals surface area contributed by atoms with Gasteiger partial charge in [0.2, 0.25) is 5.95 Å². The smallest absolute Gasteiger partial charge is 0.219 e. The van der Waals surface area contributed by atoms with Gasteiger partial charge in [-0.1, -0.05) is 0 Å². The molecule has 1 saturated heterocycles. The molecule has 1 fully saturated rings. The molecular formula is C22H24FN3O2. The maximum Gasteiger partial charge on any atom is 0.219 e. The average molecular weight is 381 g/mol. The second kappa shape index (κ2) is 8.10. The number of methoxy groups -OCH3 is 1. The molecule has 1 aliphatic heterocycles. The fourth-order valence-corrected chi connectivity index (χ4v) is 3.85. The van der Waals surface area contributed by atoms with Gasteiger partial charge < -0.3 is 14.4 Å². The predicted molar refractivity (Wildman–Crippen MR) is 107 cm³/mol. The van der Waals surface area contributed by atoms with E-state index in [4.69, 9.17) is 9.47 Å². The number of pyridine rings is 2. The molecule has 1 aliphatic rings. The number of nitrogens with zero attached hydrogens (tertiary/aromatic N) is 3. The zero-order chi connectivity index (χ0) is 19.5. The Labute approximate surface area is 164 Å². The molecule has 4 rings (SSSR count). The van der Waals surface area contributed by atoms with Crippen LogP contribution in [0.5, 0.6) is 5.75 Å². The first-order valence-corrected chi connectivity index (χ1v) is 9.55. The van der Waals surface area contributed by atoms with Crippen molar-refractivity contribution in [3.63, 3.8) is 0 Å². The number of halogens is 1. The molecule has 1 atom stereocenters. The molecule has 0 aliphatic carbocycles.